The number of nitrogens with one attached hydrogen (secondary N) is 1. The van der Waals surface area contributed by atoms with Crippen molar-refractivity contribution in [3.05, 3.63) is 0 Å². The first-order chi connectivity index (χ1) is 4.70. The van der Waals surface area contributed by atoms with Crippen molar-refractivity contribution in [1.29, 1.82) is 0 Å². The van der Waals surface area contributed by atoms with E-state index in [4.69, 9.17) is 5.11 Å². The lowest BCUT2D eigenvalue weighted by molar-refractivity contribution is -0.134. The minimum absolute atomic E-state index is 0.290. The van der Waals surface area contributed by atoms with E-state index in [1.54, 1.807) is 0 Å². The van der Waals surface area contributed by atoms with Crippen LogP contribution in [-0.4, -0.2) is 23.0 Å². The highest BCUT2D eigenvalue weighted by Gasteiger charge is 2.20. The van der Waals surface area contributed by atoms with Crippen molar-refractivity contribution < 1.29 is 14.7 Å². The van der Waals surface area contributed by atoms with Gasteiger partial charge in [-0.25, -0.2) is 0 Å². The van der Waals surface area contributed by atoms with Gasteiger partial charge in [-0.3, -0.25) is 14.9 Å². The van der Waals surface area contributed by atoms with Crippen molar-refractivity contribution in [2.45, 2.75) is 25.4 Å². The first-order valence-corrected chi connectivity index (χ1v) is 3.22. The van der Waals surface area contributed by atoms with Crippen molar-refractivity contribution in [2.24, 2.45) is 0 Å². The second kappa shape index (κ2) is 2.79. The van der Waals surface area contributed by atoms with Gasteiger partial charge in [0.15, 0.2) is 0 Å². The van der Waals surface area contributed by atoms with Crippen LogP contribution < -0.4 is 5.32 Å². The molecule has 0 aliphatic carbocycles. The van der Waals surface area contributed by atoms with Crippen LogP contribution in [0.5, 0.6) is 0 Å². The molecule has 2 amide bonds. The van der Waals surface area contributed by atoms with Gasteiger partial charge in [-0.15, -0.1) is 0 Å². The molecule has 0 bridgehead atoms. The van der Waals surface area contributed by atoms with Gasteiger partial charge in [0.05, 0.1) is 0 Å². The molecule has 0 saturated carbocycles. The lowest BCUT2D eigenvalue weighted by Gasteiger charge is -2.01. The molecule has 1 aliphatic heterocycles. The number of carbonyl (C=O) groups excluding carboxylic acids is 2. The molecule has 0 aromatic rings. The second-order valence-corrected chi connectivity index (χ2v) is 2.32. The van der Waals surface area contributed by atoms with Crippen molar-refractivity contribution in [3.63, 3.8) is 0 Å². The summed E-state index contributed by atoms with van der Waals surface area (Å²) in [6, 6.07) is 0. The highest BCUT2D eigenvalue weighted by atomic mass is 16.3. The van der Waals surface area contributed by atoms with Gasteiger partial charge in [-0.1, -0.05) is 0 Å². The average Bonchev–Trinajstić information content (AvgIpc) is 1.96. The third-order valence-electron chi connectivity index (χ3n) is 1.45. The summed E-state index contributed by atoms with van der Waals surface area (Å²) < 4.78 is 0. The quantitative estimate of drug-likeness (QED) is 0.435. The highest BCUT2D eigenvalue weighted by Crippen LogP contribution is 2.04. The fraction of sp³-hybridized carbons (Fsp3) is 0.667. The summed E-state index contributed by atoms with van der Waals surface area (Å²) in [7, 11) is 0. The van der Waals surface area contributed by atoms with Gasteiger partial charge < -0.3 is 5.11 Å². The van der Waals surface area contributed by atoms with Gasteiger partial charge in [-0.2, -0.15) is 0 Å². The first kappa shape index (κ1) is 7.21. The maximum Gasteiger partial charge on any atom is 0.255 e. The third kappa shape index (κ3) is 1.54. The molecule has 1 rings (SSSR count). The summed E-state index contributed by atoms with van der Waals surface area (Å²) in [5.41, 5.74) is 0. The zero-order chi connectivity index (χ0) is 7.56. The Morgan fingerprint density at radius 2 is 2.20 bits per heavy atom. The van der Waals surface area contributed by atoms with Crippen molar-refractivity contribution >= 4 is 11.8 Å². The number of aliphatic hydroxyl groups excluding tert-OH is 1. The summed E-state index contributed by atoms with van der Waals surface area (Å²) in [6.45, 7) is 0. The molecule has 0 aromatic heterocycles. The number of hydrogen-bond donors (Lipinski definition) is 2. The van der Waals surface area contributed by atoms with E-state index in [1.807, 2.05) is 0 Å². The Hall–Kier alpha value is -0.900. The monoisotopic (exact) mass is 143 g/mol. The molecule has 10 heavy (non-hydrogen) atoms. The normalized spacial score (nSPS) is 27.5. The Kier molecular flexibility index (Phi) is 2.01. The third-order valence-corrected chi connectivity index (χ3v) is 1.45. The molecule has 0 radical (unpaired) electrons. The predicted molar refractivity (Wildman–Crippen MR) is 33.0 cm³/mol. The van der Waals surface area contributed by atoms with E-state index in [1.165, 1.54) is 0 Å². The first-order valence-electron chi connectivity index (χ1n) is 3.22. The SMILES string of the molecule is O=C1CCCC(O)C(=O)N1. The van der Waals surface area contributed by atoms with Crippen molar-refractivity contribution in [2.75, 3.05) is 0 Å². The molecular weight excluding hydrogens is 134 g/mol. The Bertz CT molecular complexity index is 166. The molecule has 1 aliphatic rings. The Morgan fingerprint density at radius 1 is 1.50 bits per heavy atom. The van der Waals surface area contributed by atoms with E-state index >= 15 is 0 Å². The summed E-state index contributed by atoms with van der Waals surface area (Å²) in [4.78, 5) is 21.2. The van der Waals surface area contributed by atoms with Crippen LogP contribution in [0.2, 0.25) is 0 Å². The topological polar surface area (TPSA) is 66.4 Å². The van der Waals surface area contributed by atoms with E-state index in [0.29, 0.717) is 19.3 Å². The second-order valence-electron chi connectivity index (χ2n) is 2.32. The summed E-state index contributed by atoms with van der Waals surface area (Å²) in [5.74, 6) is -0.857. The van der Waals surface area contributed by atoms with Gasteiger partial charge in [0.2, 0.25) is 5.91 Å². The number of rotatable bonds is 0. The molecule has 4 nitrogen and oxygen atoms in total. The molecule has 2 N–H and O–H groups in total. The van der Waals surface area contributed by atoms with Crippen LogP contribution in [0, 0.1) is 0 Å². The van der Waals surface area contributed by atoms with Crippen LogP contribution >= 0.6 is 0 Å². The molecule has 1 saturated heterocycles. The molecule has 4 heteroatoms. The van der Waals surface area contributed by atoms with E-state index in [2.05, 4.69) is 5.32 Å². The Balaban J connectivity index is 2.57. The largest absolute Gasteiger partial charge is 0.383 e. The van der Waals surface area contributed by atoms with E-state index in [0.717, 1.165) is 0 Å². The number of carbonyl (C=O) groups is 2. The van der Waals surface area contributed by atoms with Crippen LogP contribution in [0.3, 0.4) is 0 Å². The maximum absolute atomic E-state index is 10.6. The lowest BCUT2D eigenvalue weighted by atomic mass is 10.2. The molecular formula is C6H9NO3. The molecule has 1 fully saturated rings. The van der Waals surface area contributed by atoms with Gasteiger partial charge in [-0.05, 0) is 12.8 Å². The summed E-state index contributed by atoms with van der Waals surface area (Å²) >= 11 is 0. The standard InChI is InChI=1S/C6H9NO3/c8-4-2-1-3-5(9)7-6(4)10/h4,8H,1-3H2,(H,7,9,10). The van der Waals surface area contributed by atoms with E-state index in [-0.39, 0.29) is 5.91 Å². The molecule has 1 heterocycles. The minimum Gasteiger partial charge on any atom is -0.383 e. The number of amides is 2. The zero-order valence-corrected chi connectivity index (χ0v) is 5.46. The molecule has 56 valence electrons. The molecule has 0 spiro atoms. The predicted octanol–water partition coefficient (Wildman–Crippen LogP) is -0.826. The Morgan fingerprint density at radius 3 is 2.90 bits per heavy atom. The van der Waals surface area contributed by atoms with Crippen LogP contribution in [0.4, 0.5) is 0 Å². The van der Waals surface area contributed by atoms with Crippen molar-refractivity contribution in [1.82, 2.24) is 5.32 Å². The van der Waals surface area contributed by atoms with E-state index < -0.39 is 12.0 Å². The summed E-state index contributed by atoms with van der Waals surface area (Å²) in [5, 5.41) is 11.0. The van der Waals surface area contributed by atoms with Crippen LogP contribution in [0.1, 0.15) is 19.3 Å². The lowest BCUT2D eigenvalue weighted by Crippen LogP contribution is -2.35. The Labute approximate surface area is 58.2 Å². The fourth-order valence-corrected chi connectivity index (χ4v) is 0.870. The fourth-order valence-electron chi connectivity index (χ4n) is 0.870. The van der Waals surface area contributed by atoms with Gasteiger partial charge in [0.1, 0.15) is 6.10 Å². The number of imide groups is 1. The van der Waals surface area contributed by atoms with Gasteiger partial charge >= 0.3 is 0 Å². The molecule has 1 unspecified atom stereocenters. The zero-order valence-electron chi connectivity index (χ0n) is 5.46. The van der Waals surface area contributed by atoms with E-state index in [9.17, 15) is 9.59 Å². The smallest absolute Gasteiger partial charge is 0.255 e. The van der Waals surface area contributed by atoms with Gasteiger partial charge in [0.25, 0.3) is 5.91 Å². The van der Waals surface area contributed by atoms with Crippen molar-refractivity contribution in [3.8, 4) is 0 Å². The number of hydrogen-bond acceptors (Lipinski definition) is 3. The average molecular weight is 143 g/mol. The molecule has 1 atom stereocenters. The van der Waals surface area contributed by atoms with Crippen LogP contribution in [-0.2, 0) is 9.59 Å². The summed E-state index contributed by atoms with van der Waals surface area (Å²) in [6.07, 6.45) is 0.311. The minimum atomic E-state index is -0.994. The molecule has 0 aromatic carbocycles. The maximum atomic E-state index is 10.6. The van der Waals surface area contributed by atoms with Crippen LogP contribution in [0.25, 0.3) is 0 Å². The number of aliphatic hydroxyl groups is 1. The van der Waals surface area contributed by atoms with Crippen LogP contribution in [0.15, 0.2) is 0 Å². The highest BCUT2D eigenvalue weighted by molar-refractivity contribution is 5.97. The van der Waals surface area contributed by atoms with Gasteiger partial charge in [0, 0.05) is 6.42 Å².